The third-order valence-corrected chi connectivity index (χ3v) is 3.18. The van der Waals surface area contributed by atoms with E-state index in [0.717, 1.165) is 17.7 Å². The van der Waals surface area contributed by atoms with Crippen LogP contribution < -0.4 is 15.5 Å². The third kappa shape index (κ3) is 7.17. The van der Waals surface area contributed by atoms with Crippen LogP contribution in [0.3, 0.4) is 0 Å². The molecule has 3 N–H and O–H groups in total. The number of anilines is 1. The van der Waals surface area contributed by atoms with Crippen LogP contribution in [0.1, 0.15) is 26.7 Å². The van der Waals surface area contributed by atoms with Crippen molar-refractivity contribution in [2.75, 3.05) is 25.5 Å². The summed E-state index contributed by atoms with van der Waals surface area (Å²) < 4.78 is 12.8. The van der Waals surface area contributed by atoms with Gasteiger partial charge in [0, 0.05) is 11.7 Å². The fraction of sp³-hybridized carbons (Fsp3) is 0.500. The molecule has 0 bridgehead atoms. The fourth-order valence-corrected chi connectivity index (χ4v) is 2.18. The molecule has 0 saturated heterocycles. The molecular weight excluding hydrogens is 285 g/mol. The maximum absolute atomic E-state index is 12.8. The molecule has 0 aromatic heterocycles. The average Bonchev–Trinajstić information content (AvgIpc) is 2.40. The molecule has 6 heteroatoms. The van der Waals surface area contributed by atoms with E-state index < -0.39 is 0 Å². The van der Waals surface area contributed by atoms with E-state index >= 15 is 0 Å². The zero-order valence-corrected chi connectivity index (χ0v) is 13.4. The highest BCUT2D eigenvalue weighted by Crippen LogP contribution is 2.07. The smallest absolute Gasteiger partial charge is 0.279 e. The topological polar surface area (TPSA) is 62.6 Å². The Morgan fingerprint density at radius 1 is 1.18 bits per heavy atom. The van der Waals surface area contributed by atoms with Gasteiger partial charge in [0.1, 0.15) is 5.82 Å². The molecule has 1 aromatic rings. The molecule has 122 valence electrons. The van der Waals surface area contributed by atoms with Crippen LogP contribution in [0, 0.1) is 5.82 Å². The van der Waals surface area contributed by atoms with Crippen LogP contribution in [0.15, 0.2) is 24.3 Å². The number of carbonyl (C=O) groups excluding carboxylic acids is 2. The van der Waals surface area contributed by atoms with Crippen molar-refractivity contribution in [3.05, 3.63) is 30.1 Å². The summed E-state index contributed by atoms with van der Waals surface area (Å²) >= 11 is 0. The maximum Gasteiger partial charge on any atom is 0.279 e. The molecular formula is C16H25FN3O2+. The molecule has 1 unspecified atom stereocenters. The summed E-state index contributed by atoms with van der Waals surface area (Å²) in [7, 11) is 1.79. The SMILES string of the molecule is CCC[C@@H](C)NC(=O)C[NH+](C)CC(=O)Nc1ccc(F)cc1. The van der Waals surface area contributed by atoms with Crippen molar-refractivity contribution in [3.63, 3.8) is 0 Å². The van der Waals surface area contributed by atoms with Gasteiger partial charge in [0.05, 0.1) is 7.05 Å². The minimum absolute atomic E-state index is 0.0620. The molecule has 1 aromatic carbocycles. The van der Waals surface area contributed by atoms with E-state index in [2.05, 4.69) is 17.6 Å². The average molecular weight is 310 g/mol. The predicted octanol–water partition coefficient (Wildman–Crippen LogP) is 0.584. The quantitative estimate of drug-likeness (QED) is 0.658. The van der Waals surface area contributed by atoms with Crippen molar-refractivity contribution in [1.29, 1.82) is 0 Å². The predicted molar refractivity (Wildman–Crippen MR) is 84.2 cm³/mol. The van der Waals surface area contributed by atoms with Crippen molar-refractivity contribution in [2.24, 2.45) is 0 Å². The van der Waals surface area contributed by atoms with Gasteiger partial charge in [0.2, 0.25) is 0 Å². The number of amides is 2. The highest BCUT2D eigenvalue weighted by atomic mass is 19.1. The molecule has 2 amide bonds. The normalized spacial score (nSPS) is 13.3. The van der Waals surface area contributed by atoms with E-state index in [9.17, 15) is 14.0 Å². The van der Waals surface area contributed by atoms with Crippen LogP contribution >= 0.6 is 0 Å². The van der Waals surface area contributed by atoms with Gasteiger partial charge in [-0.2, -0.15) is 0 Å². The van der Waals surface area contributed by atoms with Crippen molar-refractivity contribution >= 4 is 17.5 Å². The number of likely N-dealkylation sites (N-methyl/N-ethyl adjacent to an activating group) is 1. The Morgan fingerprint density at radius 3 is 2.36 bits per heavy atom. The summed E-state index contributed by atoms with van der Waals surface area (Å²) in [4.78, 5) is 24.5. The van der Waals surface area contributed by atoms with Gasteiger partial charge < -0.3 is 15.5 Å². The first kappa shape index (κ1) is 18.1. The summed E-state index contributed by atoms with van der Waals surface area (Å²) in [6.45, 7) is 4.45. The lowest BCUT2D eigenvalue weighted by molar-refractivity contribution is -0.862. The molecule has 2 atom stereocenters. The van der Waals surface area contributed by atoms with Crippen molar-refractivity contribution in [1.82, 2.24) is 5.32 Å². The van der Waals surface area contributed by atoms with Crippen LogP contribution in [0.25, 0.3) is 0 Å². The Morgan fingerprint density at radius 2 is 1.77 bits per heavy atom. The Bertz CT molecular complexity index is 491. The number of nitrogens with one attached hydrogen (secondary N) is 3. The minimum Gasteiger partial charge on any atom is -0.349 e. The van der Waals surface area contributed by atoms with Crippen LogP contribution in [-0.2, 0) is 9.59 Å². The summed E-state index contributed by atoms with van der Waals surface area (Å²) in [5.74, 6) is -0.620. The van der Waals surface area contributed by atoms with Crippen molar-refractivity contribution < 1.29 is 18.9 Å². The van der Waals surface area contributed by atoms with E-state index in [1.165, 1.54) is 24.3 Å². The van der Waals surface area contributed by atoms with Gasteiger partial charge in [-0.05, 0) is 37.6 Å². The monoisotopic (exact) mass is 310 g/mol. The first-order valence-electron chi connectivity index (χ1n) is 7.56. The second-order valence-corrected chi connectivity index (χ2v) is 5.62. The number of benzene rings is 1. The molecule has 0 spiro atoms. The summed E-state index contributed by atoms with van der Waals surface area (Å²) in [6, 6.07) is 5.73. The Kier molecular flexibility index (Phi) is 7.52. The molecule has 0 heterocycles. The number of carbonyl (C=O) groups is 2. The Labute approximate surface area is 130 Å². The zero-order chi connectivity index (χ0) is 16.5. The molecule has 0 radical (unpaired) electrons. The molecule has 0 saturated carbocycles. The van der Waals surface area contributed by atoms with E-state index in [4.69, 9.17) is 0 Å². The number of quaternary nitrogens is 1. The molecule has 0 aliphatic carbocycles. The largest absolute Gasteiger partial charge is 0.349 e. The molecule has 0 aliphatic heterocycles. The lowest BCUT2D eigenvalue weighted by Gasteiger charge is -2.16. The van der Waals surface area contributed by atoms with Crippen LogP contribution in [0.5, 0.6) is 0 Å². The van der Waals surface area contributed by atoms with E-state index in [0.29, 0.717) is 5.69 Å². The lowest BCUT2D eigenvalue weighted by atomic mass is 10.2. The maximum atomic E-state index is 12.8. The minimum atomic E-state index is -0.349. The van der Waals surface area contributed by atoms with Gasteiger partial charge in [-0.15, -0.1) is 0 Å². The standard InChI is InChI=1S/C16H24FN3O2/c1-4-5-12(2)18-15(21)10-20(3)11-16(22)19-14-8-6-13(17)7-9-14/h6-9,12H,4-5,10-11H2,1-3H3,(H,18,21)(H,19,22)/p+1/t12-/m1/s1. The molecule has 1 rings (SSSR count). The highest BCUT2D eigenvalue weighted by molar-refractivity contribution is 5.91. The van der Waals surface area contributed by atoms with Crippen molar-refractivity contribution in [2.45, 2.75) is 32.7 Å². The van der Waals surface area contributed by atoms with Gasteiger partial charge >= 0.3 is 0 Å². The van der Waals surface area contributed by atoms with Gasteiger partial charge in [-0.1, -0.05) is 13.3 Å². The summed E-state index contributed by atoms with van der Waals surface area (Å²) in [5, 5.41) is 5.58. The molecule has 5 nitrogen and oxygen atoms in total. The van der Waals surface area contributed by atoms with Gasteiger partial charge in [0.25, 0.3) is 11.8 Å². The van der Waals surface area contributed by atoms with Crippen molar-refractivity contribution in [3.8, 4) is 0 Å². The second kappa shape index (κ2) is 9.15. The fourth-order valence-electron chi connectivity index (χ4n) is 2.18. The first-order valence-corrected chi connectivity index (χ1v) is 7.56. The van der Waals surface area contributed by atoms with Crippen LogP contribution in [0.4, 0.5) is 10.1 Å². The highest BCUT2D eigenvalue weighted by Gasteiger charge is 2.15. The summed E-state index contributed by atoms with van der Waals surface area (Å²) in [6.07, 6.45) is 1.96. The Balaban J connectivity index is 2.34. The number of rotatable bonds is 8. The van der Waals surface area contributed by atoms with Gasteiger partial charge in [-0.25, -0.2) is 4.39 Å². The molecule has 22 heavy (non-hydrogen) atoms. The summed E-state index contributed by atoms with van der Waals surface area (Å²) in [5.41, 5.74) is 0.542. The second-order valence-electron chi connectivity index (χ2n) is 5.62. The lowest BCUT2D eigenvalue weighted by Crippen LogP contribution is -3.11. The molecule has 0 aliphatic rings. The van der Waals surface area contributed by atoms with Crippen LogP contribution in [-0.4, -0.2) is 38.0 Å². The molecule has 0 fully saturated rings. The Hall–Kier alpha value is -1.95. The van der Waals surface area contributed by atoms with E-state index in [-0.39, 0.29) is 36.8 Å². The zero-order valence-electron chi connectivity index (χ0n) is 13.4. The van der Waals surface area contributed by atoms with E-state index in [1.807, 2.05) is 6.92 Å². The third-order valence-electron chi connectivity index (χ3n) is 3.18. The van der Waals surface area contributed by atoms with Gasteiger partial charge in [0.15, 0.2) is 13.1 Å². The number of halogens is 1. The first-order chi connectivity index (χ1) is 10.4. The van der Waals surface area contributed by atoms with E-state index in [1.54, 1.807) is 7.05 Å². The number of hydrogen-bond acceptors (Lipinski definition) is 2. The number of hydrogen-bond donors (Lipinski definition) is 3. The van der Waals surface area contributed by atoms with Gasteiger partial charge in [-0.3, -0.25) is 9.59 Å². The van der Waals surface area contributed by atoms with Crippen LogP contribution in [0.2, 0.25) is 0 Å².